The van der Waals surface area contributed by atoms with Gasteiger partial charge in [0.25, 0.3) is 0 Å². The number of hydrogen-bond acceptors (Lipinski definition) is 3. The van der Waals surface area contributed by atoms with Gasteiger partial charge in [-0.05, 0) is 31.5 Å². The molecule has 4 nitrogen and oxygen atoms in total. The fourth-order valence-corrected chi connectivity index (χ4v) is 2.91. The van der Waals surface area contributed by atoms with Crippen LogP contribution < -0.4 is 5.32 Å². The van der Waals surface area contributed by atoms with Gasteiger partial charge in [-0.1, -0.05) is 23.7 Å². The van der Waals surface area contributed by atoms with Crippen LogP contribution >= 0.6 is 24.0 Å². The van der Waals surface area contributed by atoms with Crippen molar-refractivity contribution in [2.45, 2.75) is 32.9 Å². The molecule has 1 aliphatic rings. The number of benzene rings is 1. The molecule has 1 aromatic carbocycles. The van der Waals surface area contributed by atoms with E-state index in [1.165, 1.54) is 5.56 Å². The van der Waals surface area contributed by atoms with Gasteiger partial charge in [0.1, 0.15) is 0 Å². The SMILES string of the molecule is CC(C)N(CCC(=O)N1CCNCC1)Cc1cccc(Cl)c1.Cl. The lowest BCUT2D eigenvalue weighted by Gasteiger charge is -2.30. The first-order valence-corrected chi connectivity index (χ1v) is 8.41. The van der Waals surface area contributed by atoms with Crippen molar-refractivity contribution in [3.63, 3.8) is 0 Å². The van der Waals surface area contributed by atoms with Crippen LogP contribution in [0.2, 0.25) is 5.02 Å². The van der Waals surface area contributed by atoms with Gasteiger partial charge in [0.15, 0.2) is 0 Å². The Morgan fingerprint density at radius 2 is 2.04 bits per heavy atom. The van der Waals surface area contributed by atoms with Gasteiger partial charge in [-0.25, -0.2) is 0 Å². The van der Waals surface area contributed by atoms with E-state index in [0.29, 0.717) is 12.5 Å². The van der Waals surface area contributed by atoms with E-state index in [9.17, 15) is 4.79 Å². The predicted octanol–water partition coefficient (Wildman–Crippen LogP) is 2.79. The van der Waals surface area contributed by atoms with Gasteiger partial charge < -0.3 is 10.2 Å². The fraction of sp³-hybridized carbons (Fsp3) is 0.588. The van der Waals surface area contributed by atoms with Gasteiger partial charge >= 0.3 is 0 Å². The second kappa shape index (κ2) is 10.1. The fourth-order valence-electron chi connectivity index (χ4n) is 2.70. The quantitative estimate of drug-likeness (QED) is 0.848. The van der Waals surface area contributed by atoms with Crippen molar-refractivity contribution in [1.29, 1.82) is 0 Å². The third-order valence-electron chi connectivity index (χ3n) is 4.09. The molecule has 1 N–H and O–H groups in total. The molecular weight excluding hydrogens is 333 g/mol. The summed E-state index contributed by atoms with van der Waals surface area (Å²) in [5.74, 6) is 0.262. The zero-order valence-corrected chi connectivity index (χ0v) is 15.5. The van der Waals surface area contributed by atoms with Crippen LogP contribution in [0.4, 0.5) is 0 Å². The number of piperazine rings is 1. The summed E-state index contributed by atoms with van der Waals surface area (Å²) in [5, 5.41) is 4.04. The van der Waals surface area contributed by atoms with Crippen molar-refractivity contribution >= 4 is 29.9 Å². The molecular formula is C17H27Cl2N3O. The zero-order chi connectivity index (χ0) is 15.9. The summed E-state index contributed by atoms with van der Waals surface area (Å²) in [4.78, 5) is 16.6. The van der Waals surface area contributed by atoms with Crippen molar-refractivity contribution in [3.05, 3.63) is 34.9 Å². The maximum Gasteiger partial charge on any atom is 0.223 e. The van der Waals surface area contributed by atoms with Crippen LogP contribution in [0.1, 0.15) is 25.8 Å². The number of nitrogens with one attached hydrogen (secondary N) is 1. The Balaban J connectivity index is 0.00000264. The van der Waals surface area contributed by atoms with E-state index < -0.39 is 0 Å². The Kier molecular flexibility index (Phi) is 8.92. The standard InChI is InChI=1S/C17H26ClN3O.ClH/c1-14(2)21(13-15-4-3-5-16(18)12-15)9-6-17(22)20-10-7-19-8-11-20;/h3-5,12,14,19H,6-11,13H2,1-2H3;1H. The molecule has 0 aliphatic carbocycles. The Hall–Kier alpha value is -0.810. The molecule has 1 fully saturated rings. The number of carbonyl (C=O) groups is 1. The van der Waals surface area contributed by atoms with Crippen molar-refractivity contribution in [2.24, 2.45) is 0 Å². The number of hydrogen-bond donors (Lipinski definition) is 1. The molecule has 0 aromatic heterocycles. The van der Waals surface area contributed by atoms with Crippen LogP contribution in [0.15, 0.2) is 24.3 Å². The minimum Gasteiger partial charge on any atom is -0.340 e. The highest BCUT2D eigenvalue weighted by molar-refractivity contribution is 6.30. The summed E-state index contributed by atoms with van der Waals surface area (Å²) in [6.45, 7) is 9.41. The first-order valence-electron chi connectivity index (χ1n) is 8.03. The molecule has 2 rings (SSSR count). The van der Waals surface area contributed by atoms with Crippen molar-refractivity contribution < 1.29 is 4.79 Å². The van der Waals surface area contributed by atoms with Crippen LogP contribution in [0.25, 0.3) is 0 Å². The Morgan fingerprint density at radius 3 is 2.65 bits per heavy atom. The molecule has 0 unspecified atom stereocenters. The molecule has 0 atom stereocenters. The lowest BCUT2D eigenvalue weighted by atomic mass is 10.1. The van der Waals surface area contributed by atoms with Crippen molar-refractivity contribution in [1.82, 2.24) is 15.1 Å². The van der Waals surface area contributed by atoms with E-state index in [1.54, 1.807) is 0 Å². The van der Waals surface area contributed by atoms with Crippen LogP contribution in [0.5, 0.6) is 0 Å². The minimum atomic E-state index is 0. The normalized spacial score (nSPS) is 14.9. The monoisotopic (exact) mass is 359 g/mol. The Labute approximate surface area is 150 Å². The molecule has 0 spiro atoms. The largest absolute Gasteiger partial charge is 0.340 e. The Morgan fingerprint density at radius 1 is 1.35 bits per heavy atom. The predicted molar refractivity (Wildman–Crippen MR) is 98.3 cm³/mol. The highest BCUT2D eigenvalue weighted by atomic mass is 35.5. The number of carbonyl (C=O) groups excluding carboxylic acids is 1. The summed E-state index contributed by atoms with van der Waals surface area (Å²) in [6, 6.07) is 8.34. The average molecular weight is 360 g/mol. The molecule has 1 heterocycles. The maximum atomic E-state index is 12.3. The summed E-state index contributed by atoms with van der Waals surface area (Å²) in [5.41, 5.74) is 1.19. The molecule has 1 aromatic rings. The number of nitrogens with zero attached hydrogens (tertiary/aromatic N) is 2. The molecule has 1 aliphatic heterocycles. The lowest BCUT2D eigenvalue weighted by Crippen LogP contribution is -2.47. The first kappa shape index (κ1) is 20.2. The van der Waals surface area contributed by atoms with Crippen LogP contribution in [-0.4, -0.2) is 54.5 Å². The van der Waals surface area contributed by atoms with Crippen molar-refractivity contribution in [3.8, 4) is 0 Å². The summed E-state index contributed by atoms with van der Waals surface area (Å²) >= 11 is 6.05. The topological polar surface area (TPSA) is 35.6 Å². The highest BCUT2D eigenvalue weighted by Gasteiger charge is 2.18. The Bertz CT molecular complexity index is 490. The number of halogens is 2. The molecule has 1 saturated heterocycles. The second-order valence-corrected chi connectivity index (χ2v) is 6.51. The van der Waals surface area contributed by atoms with Gasteiger partial charge in [0.05, 0.1) is 0 Å². The highest BCUT2D eigenvalue weighted by Crippen LogP contribution is 2.14. The van der Waals surface area contributed by atoms with Gasteiger partial charge in [-0.15, -0.1) is 12.4 Å². The van der Waals surface area contributed by atoms with Crippen LogP contribution in [-0.2, 0) is 11.3 Å². The molecule has 0 radical (unpaired) electrons. The summed E-state index contributed by atoms with van der Waals surface area (Å²) in [7, 11) is 0. The zero-order valence-electron chi connectivity index (χ0n) is 13.9. The lowest BCUT2D eigenvalue weighted by molar-refractivity contribution is -0.132. The van der Waals surface area contributed by atoms with Crippen LogP contribution in [0.3, 0.4) is 0 Å². The third kappa shape index (κ3) is 6.68. The van der Waals surface area contributed by atoms with Gasteiger partial charge in [0.2, 0.25) is 5.91 Å². The summed E-state index contributed by atoms with van der Waals surface area (Å²) in [6.07, 6.45) is 0.582. The molecule has 23 heavy (non-hydrogen) atoms. The molecule has 0 bridgehead atoms. The van der Waals surface area contributed by atoms with E-state index in [4.69, 9.17) is 11.6 Å². The van der Waals surface area contributed by atoms with E-state index in [0.717, 1.165) is 44.3 Å². The molecule has 6 heteroatoms. The maximum absolute atomic E-state index is 12.3. The minimum absolute atomic E-state index is 0. The smallest absolute Gasteiger partial charge is 0.223 e. The third-order valence-corrected chi connectivity index (χ3v) is 4.32. The second-order valence-electron chi connectivity index (χ2n) is 6.07. The van der Waals surface area contributed by atoms with E-state index in [2.05, 4.69) is 30.1 Å². The summed E-state index contributed by atoms with van der Waals surface area (Å²) < 4.78 is 0. The number of amides is 1. The molecule has 130 valence electrons. The van der Waals surface area contributed by atoms with Gasteiger partial charge in [-0.3, -0.25) is 9.69 Å². The van der Waals surface area contributed by atoms with Crippen molar-refractivity contribution in [2.75, 3.05) is 32.7 Å². The number of rotatable bonds is 6. The first-order chi connectivity index (χ1) is 10.6. The van der Waals surface area contributed by atoms with E-state index in [-0.39, 0.29) is 18.3 Å². The van der Waals surface area contributed by atoms with E-state index in [1.807, 2.05) is 23.1 Å². The van der Waals surface area contributed by atoms with E-state index >= 15 is 0 Å². The molecule has 0 saturated carbocycles. The van der Waals surface area contributed by atoms with Gasteiger partial charge in [-0.2, -0.15) is 0 Å². The molecule has 1 amide bonds. The van der Waals surface area contributed by atoms with Gasteiger partial charge in [0, 0.05) is 56.8 Å². The van der Waals surface area contributed by atoms with Crippen LogP contribution in [0, 0.1) is 0 Å². The average Bonchev–Trinajstić information content (AvgIpc) is 2.51.